The third-order valence-corrected chi connectivity index (χ3v) is 6.74. The maximum atomic E-state index is 4.87. The summed E-state index contributed by atoms with van der Waals surface area (Å²) in [6, 6.07) is 1.14. The summed E-state index contributed by atoms with van der Waals surface area (Å²) in [5.74, 6) is 3.67. The van der Waals surface area contributed by atoms with Gasteiger partial charge in [-0.15, -0.1) is 10.2 Å². The number of aromatic nitrogens is 3. The number of likely N-dealkylation sites (tertiary alicyclic amines) is 1. The summed E-state index contributed by atoms with van der Waals surface area (Å²) in [7, 11) is 2.00. The summed E-state index contributed by atoms with van der Waals surface area (Å²) in [5.41, 5.74) is 0. The maximum absolute atomic E-state index is 4.87. The molecular weight excluding hydrogens is 350 g/mol. The normalized spacial score (nSPS) is 26.6. The van der Waals surface area contributed by atoms with Crippen molar-refractivity contribution in [3.05, 3.63) is 11.6 Å². The van der Waals surface area contributed by atoms with Gasteiger partial charge in [-0.25, -0.2) is 4.99 Å². The summed E-state index contributed by atoms with van der Waals surface area (Å²) in [6.45, 7) is 10.4. The van der Waals surface area contributed by atoms with Crippen molar-refractivity contribution >= 4 is 5.96 Å². The highest BCUT2D eigenvalue weighted by atomic mass is 15.3. The number of nitrogens with zero attached hydrogens (tertiary/aromatic N) is 5. The van der Waals surface area contributed by atoms with Crippen LogP contribution >= 0.6 is 0 Å². The molecule has 1 aromatic heterocycles. The topological polar surface area (TPSA) is 70.4 Å². The smallest absolute Gasteiger partial charge is 0.191 e. The Morgan fingerprint density at radius 3 is 2.57 bits per heavy atom. The van der Waals surface area contributed by atoms with Gasteiger partial charge >= 0.3 is 0 Å². The Morgan fingerprint density at radius 1 is 1.14 bits per heavy atom. The van der Waals surface area contributed by atoms with Crippen LogP contribution < -0.4 is 10.6 Å². The van der Waals surface area contributed by atoms with Crippen molar-refractivity contribution in [3.63, 3.8) is 0 Å². The molecule has 2 fully saturated rings. The van der Waals surface area contributed by atoms with E-state index in [1.165, 1.54) is 51.5 Å². The third kappa shape index (κ3) is 5.46. The SMILES string of the molecule is CCC1CCC(NC(=NCc2nnc(C)n2C)NCC2CCCN2CC)CC1. The van der Waals surface area contributed by atoms with Crippen LogP contribution in [0.3, 0.4) is 0 Å². The second kappa shape index (κ2) is 10.2. The van der Waals surface area contributed by atoms with Crippen molar-refractivity contribution in [1.82, 2.24) is 30.3 Å². The van der Waals surface area contributed by atoms with Gasteiger partial charge in [-0.2, -0.15) is 0 Å². The van der Waals surface area contributed by atoms with Crippen molar-refractivity contribution in [2.75, 3.05) is 19.6 Å². The van der Waals surface area contributed by atoms with Crippen molar-refractivity contribution in [3.8, 4) is 0 Å². The molecule has 0 aromatic carbocycles. The number of aryl methyl sites for hydroxylation is 1. The van der Waals surface area contributed by atoms with Crippen molar-refractivity contribution in [2.45, 2.75) is 84.3 Å². The highest BCUT2D eigenvalue weighted by molar-refractivity contribution is 5.80. The van der Waals surface area contributed by atoms with Crippen LogP contribution in [0.25, 0.3) is 0 Å². The molecule has 3 rings (SSSR count). The predicted octanol–water partition coefficient (Wildman–Crippen LogP) is 2.61. The molecule has 1 saturated carbocycles. The van der Waals surface area contributed by atoms with Crippen LogP contribution in [0, 0.1) is 12.8 Å². The van der Waals surface area contributed by atoms with Gasteiger partial charge in [0, 0.05) is 25.7 Å². The van der Waals surface area contributed by atoms with E-state index in [0.717, 1.165) is 36.6 Å². The molecule has 1 aliphatic carbocycles. The number of rotatable bonds is 7. The van der Waals surface area contributed by atoms with Crippen LogP contribution in [0.5, 0.6) is 0 Å². The minimum absolute atomic E-state index is 0.529. The van der Waals surface area contributed by atoms with Gasteiger partial charge in [0.25, 0.3) is 0 Å². The monoisotopic (exact) mass is 389 g/mol. The third-order valence-electron chi connectivity index (χ3n) is 6.74. The van der Waals surface area contributed by atoms with Gasteiger partial charge in [0.05, 0.1) is 0 Å². The van der Waals surface area contributed by atoms with E-state index in [4.69, 9.17) is 4.99 Å². The molecule has 1 atom stereocenters. The number of hydrogen-bond acceptors (Lipinski definition) is 4. The molecule has 0 bridgehead atoms. The van der Waals surface area contributed by atoms with E-state index in [0.29, 0.717) is 18.6 Å². The minimum atomic E-state index is 0.529. The molecular formula is C21H39N7. The molecule has 0 amide bonds. The minimum Gasteiger partial charge on any atom is -0.355 e. The number of nitrogens with one attached hydrogen (secondary N) is 2. The van der Waals surface area contributed by atoms with Crippen LogP contribution in [0.4, 0.5) is 0 Å². The number of aliphatic imine (C=N–C) groups is 1. The van der Waals surface area contributed by atoms with Gasteiger partial charge in [-0.05, 0) is 64.5 Å². The zero-order valence-corrected chi connectivity index (χ0v) is 18.2. The van der Waals surface area contributed by atoms with Gasteiger partial charge < -0.3 is 15.2 Å². The molecule has 2 heterocycles. The van der Waals surface area contributed by atoms with E-state index in [2.05, 4.69) is 39.6 Å². The lowest BCUT2D eigenvalue weighted by molar-refractivity contribution is 0.265. The molecule has 7 nitrogen and oxygen atoms in total. The second-order valence-corrected chi connectivity index (χ2v) is 8.46. The number of likely N-dealkylation sites (N-methyl/N-ethyl adjacent to an activating group) is 1. The Bertz CT molecular complexity index is 631. The van der Waals surface area contributed by atoms with Gasteiger partial charge in [-0.3, -0.25) is 4.90 Å². The van der Waals surface area contributed by atoms with Crippen molar-refractivity contribution < 1.29 is 0 Å². The Balaban J connectivity index is 1.61. The second-order valence-electron chi connectivity index (χ2n) is 8.46. The van der Waals surface area contributed by atoms with Gasteiger partial charge in [-0.1, -0.05) is 20.3 Å². The summed E-state index contributed by atoms with van der Waals surface area (Å²) >= 11 is 0. The zero-order valence-electron chi connectivity index (χ0n) is 18.2. The number of hydrogen-bond donors (Lipinski definition) is 2. The molecule has 0 radical (unpaired) electrons. The van der Waals surface area contributed by atoms with Gasteiger partial charge in [0.1, 0.15) is 12.4 Å². The largest absolute Gasteiger partial charge is 0.355 e. The first-order chi connectivity index (χ1) is 13.6. The quantitative estimate of drug-likeness (QED) is 0.554. The first kappa shape index (κ1) is 21.1. The molecule has 1 saturated heterocycles. The molecule has 1 unspecified atom stereocenters. The van der Waals surface area contributed by atoms with E-state index < -0.39 is 0 Å². The fourth-order valence-corrected chi connectivity index (χ4v) is 4.56. The first-order valence-electron chi connectivity index (χ1n) is 11.2. The lowest BCUT2D eigenvalue weighted by atomic mass is 9.84. The van der Waals surface area contributed by atoms with Crippen molar-refractivity contribution in [2.24, 2.45) is 18.0 Å². The lowest BCUT2D eigenvalue weighted by Crippen LogP contribution is -2.48. The Labute approximate surface area is 170 Å². The fourth-order valence-electron chi connectivity index (χ4n) is 4.56. The Morgan fingerprint density at radius 2 is 1.93 bits per heavy atom. The Hall–Kier alpha value is -1.63. The summed E-state index contributed by atoms with van der Waals surface area (Å²) in [5, 5.41) is 15.8. The van der Waals surface area contributed by atoms with E-state index in [-0.39, 0.29) is 0 Å². The van der Waals surface area contributed by atoms with E-state index in [1.807, 2.05) is 18.5 Å². The fraction of sp³-hybridized carbons (Fsp3) is 0.857. The molecule has 158 valence electrons. The zero-order chi connectivity index (χ0) is 19.9. The van der Waals surface area contributed by atoms with Crippen molar-refractivity contribution in [1.29, 1.82) is 0 Å². The highest BCUT2D eigenvalue weighted by Crippen LogP contribution is 2.26. The summed E-state index contributed by atoms with van der Waals surface area (Å²) in [6.07, 6.45) is 9.04. The van der Waals surface area contributed by atoms with Crippen LogP contribution in [0.1, 0.15) is 70.4 Å². The standard InChI is InChI=1S/C21H39N7/c1-5-17-9-11-18(12-10-17)24-21(22-14-19-8-7-13-28(19)6-2)23-15-20-26-25-16(3)27(20)4/h17-19H,5-15H2,1-4H3,(H2,22,23,24). The molecule has 1 aliphatic heterocycles. The molecule has 7 heteroatoms. The lowest BCUT2D eigenvalue weighted by Gasteiger charge is -2.30. The van der Waals surface area contributed by atoms with Crippen LogP contribution in [0.2, 0.25) is 0 Å². The molecule has 0 spiro atoms. The van der Waals surface area contributed by atoms with Crippen LogP contribution in [-0.4, -0.2) is 57.3 Å². The molecule has 28 heavy (non-hydrogen) atoms. The Kier molecular flexibility index (Phi) is 7.71. The molecule has 2 N–H and O–H groups in total. The molecule has 1 aromatic rings. The number of guanidine groups is 1. The average Bonchev–Trinajstić information content (AvgIpc) is 3.31. The first-order valence-corrected chi connectivity index (χ1v) is 11.2. The van der Waals surface area contributed by atoms with E-state index in [1.54, 1.807) is 0 Å². The summed E-state index contributed by atoms with van der Waals surface area (Å²) < 4.78 is 2.02. The van der Waals surface area contributed by atoms with Crippen LogP contribution in [0.15, 0.2) is 4.99 Å². The van der Waals surface area contributed by atoms with Gasteiger partial charge in [0.2, 0.25) is 0 Å². The highest BCUT2D eigenvalue weighted by Gasteiger charge is 2.24. The molecule has 2 aliphatic rings. The summed E-state index contributed by atoms with van der Waals surface area (Å²) in [4.78, 5) is 7.44. The van der Waals surface area contributed by atoms with E-state index in [9.17, 15) is 0 Å². The maximum Gasteiger partial charge on any atom is 0.191 e. The predicted molar refractivity (Wildman–Crippen MR) is 114 cm³/mol. The average molecular weight is 390 g/mol. The van der Waals surface area contributed by atoms with Gasteiger partial charge in [0.15, 0.2) is 11.8 Å². The van der Waals surface area contributed by atoms with Crippen LogP contribution in [-0.2, 0) is 13.6 Å². The van der Waals surface area contributed by atoms with E-state index >= 15 is 0 Å².